The molecule has 6 heteroatoms. The van der Waals surface area contributed by atoms with Gasteiger partial charge in [0.05, 0.1) is 29.4 Å². The van der Waals surface area contributed by atoms with Crippen molar-refractivity contribution in [3.63, 3.8) is 0 Å². The third-order valence-electron chi connectivity index (χ3n) is 4.29. The second-order valence-electron chi connectivity index (χ2n) is 7.42. The van der Waals surface area contributed by atoms with Crippen molar-refractivity contribution in [2.24, 2.45) is 5.41 Å². The van der Waals surface area contributed by atoms with Crippen LogP contribution in [0.25, 0.3) is 17.3 Å². The van der Waals surface area contributed by atoms with E-state index in [9.17, 15) is 10.1 Å². The van der Waals surface area contributed by atoms with Crippen LogP contribution in [0.3, 0.4) is 0 Å². The Labute approximate surface area is 163 Å². The number of nitriles is 1. The van der Waals surface area contributed by atoms with Crippen molar-refractivity contribution < 1.29 is 9.53 Å². The van der Waals surface area contributed by atoms with Crippen LogP contribution in [0.15, 0.2) is 35.9 Å². The summed E-state index contributed by atoms with van der Waals surface area (Å²) >= 11 is 1.51. The maximum atomic E-state index is 12.6. The predicted molar refractivity (Wildman–Crippen MR) is 109 cm³/mol. The maximum Gasteiger partial charge on any atom is 0.186 e. The molecule has 0 atom stereocenters. The van der Waals surface area contributed by atoms with Crippen molar-refractivity contribution >= 4 is 28.3 Å². The summed E-state index contributed by atoms with van der Waals surface area (Å²) < 4.78 is 5.43. The molecule has 2 heterocycles. The Balaban J connectivity index is 2.07. The Kier molecular flexibility index (Phi) is 5.73. The Morgan fingerprint density at radius 3 is 2.52 bits per heavy atom. The lowest BCUT2D eigenvalue weighted by molar-refractivity contribution is -0.121. The number of allylic oxidation sites excluding steroid dienone is 1. The Morgan fingerprint density at radius 2 is 1.93 bits per heavy atom. The van der Waals surface area contributed by atoms with E-state index < -0.39 is 5.41 Å². The Morgan fingerprint density at radius 1 is 1.26 bits per heavy atom. The highest BCUT2D eigenvalue weighted by Crippen LogP contribution is 2.35. The number of benzene rings is 1. The topological polar surface area (TPSA) is 66.2 Å². The molecule has 0 aliphatic carbocycles. The second kappa shape index (κ2) is 8.03. The van der Waals surface area contributed by atoms with Crippen molar-refractivity contribution in [2.75, 3.05) is 31.2 Å². The minimum Gasteiger partial charge on any atom is -0.378 e. The molecule has 1 saturated heterocycles. The highest BCUT2D eigenvalue weighted by atomic mass is 32.1. The van der Waals surface area contributed by atoms with Gasteiger partial charge in [0, 0.05) is 24.1 Å². The quantitative estimate of drug-likeness (QED) is 0.587. The number of hydrogen-bond donors (Lipinski definition) is 0. The van der Waals surface area contributed by atoms with Crippen molar-refractivity contribution in [1.29, 1.82) is 5.26 Å². The molecular weight excluding hydrogens is 358 g/mol. The fraction of sp³-hybridized carbons (Fsp3) is 0.381. The number of Topliss-reactive ketones (excluding diaryl/α,β-unsaturated/α-hetero) is 1. The number of rotatable bonds is 4. The van der Waals surface area contributed by atoms with Crippen LogP contribution in [0.1, 0.15) is 25.6 Å². The van der Waals surface area contributed by atoms with E-state index in [1.807, 2.05) is 51.1 Å². The van der Waals surface area contributed by atoms with Crippen LogP contribution in [-0.4, -0.2) is 37.1 Å². The predicted octanol–water partition coefficient (Wildman–Crippen LogP) is 4.17. The lowest BCUT2D eigenvalue weighted by Gasteiger charge is -2.26. The van der Waals surface area contributed by atoms with E-state index in [2.05, 4.69) is 11.0 Å². The van der Waals surface area contributed by atoms with Crippen molar-refractivity contribution in [1.82, 2.24) is 4.98 Å². The van der Waals surface area contributed by atoms with Crippen molar-refractivity contribution in [3.05, 3.63) is 40.8 Å². The van der Waals surface area contributed by atoms with Gasteiger partial charge in [0.1, 0.15) is 6.07 Å². The molecule has 2 aromatic rings. The average molecular weight is 382 g/mol. The number of carbonyl (C=O) groups is 1. The van der Waals surface area contributed by atoms with Crippen molar-refractivity contribution in [2.45, 2.75) is 20.8 Å². The zero-order chi connectivity index (χ0) is 19.4. The first-order valence-electron chi connectivity index (χ1n) is 8.95. The summed E-state index contributed by atoms with van der Waals surface area (Å²) in [6.07, 6.45) is 1.69. The smallest absolute Gasteiger partial charge is 0.186 e. The molecule has 140 valence electrons. The molecule has 0 unspecified atom stereocenters. The zero-order valence-electron chi connectivity index (χ0n) is 15.9. The van der Waals surface area contributed by atoms with E-state index in [1.165, 1.54) is 11.3 Å². The van der Waals surface area contributed by atoms with Gasteiger partial charge in [-0.25, -0.2) is 4.98 Å². The van der Waals surface area contributed by atoms with Crippen LogP contribution >= 0.6 is 11.3 Å². The summed E-state index contributed by atoms with van der Waals surface area (Å²) in [4.78, 5) is 20.5. The number of nitrogens with zero attached hydrogens (tertiary/aromatic N) is 3. The number of aromatic nitrogens is 1. The van der Waals surface area contributed by atoms with Gasteiger partial charge in [0.15, 0.2) is 10.9 Å². The molecule has 1 fully saturated rings. The SMILES string of the molecule is CC(C)(C)C(=O)/C(C#N)=C/c1sc(N2CCOCC2)nc1-c1ccccc1. The first-order valence-corrected chi connectivity index (χ1v) is 9.77. The van der Waals surface area contributed by atoms with Crippen LogP contribution < -0.4 is 4.90 Å². The third kappa shape index (κ3) is 4.44. The largest absolute Gasteiger partial charge is 0.378 e. The molecule has 1 aromatic carbocycles. The fourth-order valence-corrected chi connectivity index (χ4v) is 3.88. The second-order valence-corrected chi connectivity index (χ2v) is 8.43. The van der Waals surface area contributed by atoms with Crippen LogP contribution in [-0.2, 0) is 9.53 Å². The minimum atomic E-state index is -0.605. The van der Waals surface area contributed by atoms with Crippen LogP contribution in [0.4, 0.5) is 5.13 Å². The molecular formula is C21H23N3O2S. The molecule has 27 heavy (non-hydrogen) atoms. The van der Waals surface area contributed by atoms with Gasteiger partial charge in [-0.2, -0.15) is 5.26 Å². The number of thiazole rings is 1. The maximum absolute atomic E-state index is 12.6. The normalized spacial score (nSPS) is 15.5. The molecule has 5 nitrogen and oxygen atoms in total. The lowest BCUT2D eigenvalue weighted by atomic mass is 9.86. The van der Waals surface area contributed by atoms with Crippen molar-refractivity contribution in [3.8, 4) is 17.3 Å². The average Bonchev–Trinajstić information content (AvgIpc) is 3.10. The number of hydrogen-bond acceptors (Lipinski definition) is 6. The van der Waals surface area contributed by atoms with E-state index in [1.54, 1.807) is 6.08 Å². The number of carbonyl (C=O) groups excluding carboxylic acids is 1. The summed E-state index contributed by atoms with van der Waals surface area (Å²) in [5, 5.41) is 10.4. The Bertz CT molecular complexity index is 882. The number of ether oxygens (including phenoxy) is 1. The van der Waals surface area contributed by atoms with E-state index in [4.69, 9.17) is 9.72 Å². The van der Waals surface area contributed by atoms with Crippen LogP contribution in [0.5, 0.6) is 0 Å². The summed E-state index contributed by atoms with van der Waals surface area (Å²) in [6, 6.07) is 11.9. The molecule has 0 N–H and O–H groups in total. The van der Waals surface area contributed by atoms with E-state index in [0.717, 1.165) is 34.4 Å². The third-order valence-corrected chi connectivity index (χ3v) is 5.36. The number of morpholine rings is 1. The van der Waals surface area contributed by atoms with E-state index >= 15 is 0 Å². The highest BCUT2D eigenvalue weighted by molar-refractivity contribution is 7.17. The highest BCUT2D eigenvalue weighted by Gasteiger charge is 2.26. The molecule has 1 aromatic heterocycles. The molecule has 0 saturated carbocycles. The zero-order valence-corrected chi connectivity index (χ0v) is 16.7. The molecule has 3 rings (SSSR count). The van der Waals surface area contributed by atoms with Crippen LogP contribution in [0.2, 0.25) is 0 Å². The van der Waals surface area contributed by atoms with Gasteiger partial charge in [0.25, 0.3) is 0 Å². The minimum absolute atomic E-state index is 0.162. The summed E-state index contributed by atoms with van der Waals surface area (Å²) in [6.45, 7) is 8.40. The van der Waals surface area contributed by atoms with E-state index in [-0.39, 0.29) is 11.4 Å². The molecule has 1 aliphatic rings. The van der Waals surface area contributed by atoms with Gasteiger partial charge in [-0.05, 0) is 6.08 Å². The summed E-state index contributed by atoms with van der Waals surface area (Å²) in [5.74, 6) is -0.162. The van der Waals surface area contributed by atoms with Gasteiger partial charge in [-0.3, -0.25) is 4.79 Å². The van der Waals surface area contributed by atoms with Gasteiger partial charge >= 0.3 is 0 Å². The molecule has 0 radical (unpaired) electrons. The lowest BCUT2D eigenvalue weighted by Crippen LogP contribution is -2.36. The van der Waals surface area contributed by atoms with Gasteiger partial charge in [0.2, 0.25) is 0 Å². The number of anilines is 1. The summed E-state index contributed by atoms with van der Waals surface area (Å²) in [7, 11) is 0. The number of ketones is 1. The molecule has 0 spiro atoms. The monoisotopic (exact) mass is 381 g/mol. The molecule has 1 aliphatic heterocycles. The standard InChI is InChI=1S/C21H23N3O2S/c1-21(2,3)19(25)16(14-22)13-17-18(15-7-5-4-6-8-15)23-20(27-17)24-9-11-26-12-10-24/h4-8,13H,9-12H2,1-3H3/b16-13+. The van der Waals surface area contributed by atoms with Gasteiger partial charge in [-0.1, -0.05) is 62.4 Å². The first-order chi connectivity index (χ1) is 12.9. The van der Waals surface area contributed by atoms with Gasteiger partial charge in [-0.15, -0.1) is 0 Å². The Hall–Kier alpha value is -2.49. The summed E-state index contributed by atoms with van der Waals surface area (Å²) in [5.41, 5.74) is 1.33. The molecule has 0 bridgehead atoms. The molecule has 0 amide bonds. The fourth-order valence-electron chi connectivity index (χ4n) is 2.79. The van der Waals surface area contributed by atoms with Crippen LogP contribution in [0, 0.1) is 16.7 Å². The van der Waals surface area contributed by atoms with Gasteiger partial charge < -0.3 is 9.64 Å². The first kappa shape index (κ1) is 19.3. The van der Waals surface area contributed by atoms with E-state index in [0.29, 0.717) is 13.2 Å².